The summed E-state index contributed by atoms with van der Waals surface area (Å²) in [6.07, 6.45) is 0.276. The van der Waals surface area contributed by atoms with Gasteiger partial charge in [0.25, 0.3) is 10.0 Å². The summed E-state index contributed by atoms with van der Waals surface area (Å²) >= 11 is 6.35. The molecule has 1 atom stereocenters. The Balaban J connectivity index is 2.05. The number of anilines is 1. The number of sulfonamides is 1. The second kappa shape index (κ2) is 13.4. The molecule has 0 fully saturated rings. The Bertz CT molecular complexity index is 1390. The van der Waals surface area contributed by atoms with Crippen LogP contribution in [0.15, 0.2) is 77.7 Å². The molecule has 0 radical (unpaired) electrons. The molecule has 39 heavy (non-hydrogen) atoms. The number of amides is 2. The first-order chi connectivity index (χ1) is 18.6. The second-order valence-corrected chi connectivity index (χ2v) is 10.8. The summed E-state index contributed by atoms with van der Waals surface area (Å²) in [7, 11) is -2.82. The maximum atomic E-state index is 13.9. The third-order valence-electron chi connectivity index (χ3n) is 6.05. The van der Waals surface area contributed by atoms with Crippen LogP contribution in [0.4, 0.5) is 10.1 Å². The zero-order valence-electron chi connectivity index (χ0n) is 21.9. The quantitative estimate of drug-likeness (QED) is 0.340. The van der Waals surface area contributed by atoms with E-state index in [1.807, 2.05) is 6.92 Å². The molecular weight excluding hydrogens is 545 g/mol. The van der Waals surface area contributed by atoms with Crippen molar-refractivity contribution in [1.29, 1.82) is 0 Å². The van der Waals surface area contributed by atoms with Crippen LogP contribution in [-0.4, -0.2) is 51.4 Å². The Morgan fingerprint density at radius 2 is 1.64 bits per heavy atom. The molecule has 0 aliphatic rings. The van der Waals surface area contributed by atoms with Crippen molar-refractivity contribution < 1.29 is 27.1 Å². The molecule has 3 aromatic rings. The first-order valence-electron chi connectivity index (χ1n) is 12.4. The monoisotopic (exact) mass is 575 g/mol. The molecule has 3 aromatic carbocycles. The molecule has 11 heteroatoms. The zero-order valence-corrected chi connectivity index (χ0v) is 23.5. The summed E-state index contributed by atoms with van der Waals surface area (Å²) in [5, 5.41) is 2.97. The molecule has 1 unspecified atom stereocenters. The lowest BCUT2D eigenvalue weighted by Crippen LogP contribution is -2.51. The number of benzene rings is 3. The summed E-state index contributed by atoms with van der Waals surface area (Å²) in [5.74, 6) is -1.11. The summed E-state index contributed by atoms with van der Waals surface area (Å²) in [6.45, 7) is 3.31. The first kappa shape index (κ1) is 29.9. The van der Waals surface area contributed by atoms with Crippen molar-refractivity contribution in [2.75, 3.05) is 24.5 Å². The van der Waals surface area contributed by atoms with Gasteiger partial charge in [-0.3, -0.25) is 13.9 Å². The lowest BCUT2D eigenvalue weighted by Gasteiger charge is -2.33. The van der Waals surface area contributed by atoms with Crippen LogP contribution in [0.5, 0.6) is 5.75 Å². The van der Waals surface area contributed by atoms with Crippen LogP contribution in [-0.2, 0) is 26.2 Å². The SMILES string of the molecule is CCOc1ccc(S(=O)(=O)N(CC(=O)N(Cc2ccccc2Cl)C(CC)C(=O)NC)c2ccc(F)cc2)cc1. The molecule has 0 aliphatic carbocycles. The van der Waals surface area contributed by atoms with Gasteiger partial charge < -0.3 is 15.0 Å². The van der Waals surface area contributed by atoms with Crippen molar-refractivity contribution in [3.8, 4) is 5.75 Å². The van der Waals surface area contributed by atoms with E-state index >= 15 is 0 Å². The van der Waals surface area contributed by atoms with Gasteiger partial charge in [0, 0.05) is 18.6 Å². The van der Waals surface area contributed by atoms with Crippen molar-refractivity contribution in [2.24, 2.45) is 0 Å². The van der Waals surface area contributed by atoms with Gasteiger partial charge in [-0.1, -0.05) is 36.7 Å². The predicted octanol–water partition coefficient (Wildman–Crippen LogP) is 4.63. The van der Waals surface area contributed by atoms with Gasteiger partial charge in [-0.15, -0.1) is 0 Å². The first-order valence-corrected chi connectivity index (χ1v) is 14.2. The number of rotatable bonds is 12. The lowest BCUT2D eigenvalue weighted by atomic mass is 10.1. The minimum absolute atomic E-state index is 0.0230. The average Bonchev–Trinajstić information content (AvgIpc) is 2.93. The van der Waals surface area contributed by atoms with Crippen LogP contribution in [0.3, 0.4) is 0 Å². The Morgan fingerprint density at radius 3 is 2.21 bits per heavy atom. The highest BCUT2D eigenvalue weighted by Crippen LogP contribution is 2.27. The molecule has 208 valence electrons. The van der Waals surface area contributed by atoms with Crippen molar-refractivity contribution in [2.45, 2.75) is 37.8 Å². The van der Waals surface area contributed by atoms with Crippen LogP contribution in [0.2, 0.25) is 5.02 Å². The number of nitrogens with zero attached hydrogens (tertiary/aromatic N) is 2. The third kappa shape index (κ3) is 7.27. The Hall–Kier alpha value is -3.63. The standard InChI is InChI=1S/C28H31ClFN3O5S/c1-4-26(28(35)31-3)32(18-20-8-6-7-9-25(20)29)27(34)19-33(22-12-10-21(30)11-13-22)39(36,37)24-16-14-23(15-17-24)38-5-2/h6-17,26H,4-5,18-19H2,1-3H3,(H,31,35). The maximum Gasteiger partial charge on any atom is 0.264 e. The normalized spacial score (nSPS) is 11.9. The molecule has 0 saturated heterocycles. The van der Waals surface area contributed by atoms with Crippen LogP contribution in [0.1, 0.15) is 25.8 Å². The number of ether oxygens (including phenoxy) is 1. The zero-order chi connectivity index (χ0) is 28.6. The van der Waals surface area contributed by atoms with Gasteiger partial charge in [-0.05, 0) is 73.5 Å². The Morgan fingerprint density at radius 1 is 1.00 bits per heavy atom. The summed E-state index contributed by atoms with van der Waals surface area (Å²) < 4.78 is 47.6. The minimum Gasteiger partial charge on any atom is -0.494 e. The fourth-order valence-electron chi connectivity index (χ4n) is 4.03. The molecule has 1 N–H and O–H groups in total. The molecule has 0 heterocycles. The molecule has 0 aromatic heterocycles. The van der Waals surface area contributed by atoms with Crippen LogP contribution in [0, 0.1) is 5.82 Å². The molecule has 0 spiro atoms. The van der Waals surface area contributed by atoms with Gasteiger partial charge in [0.05, 0.1) is 17.2 Å². The van der Waals surface area contributed by atoms with Gasteiger partial charge in [0.15, 0.2) is 0 Å². The molecule has 0 bridgehead atoms. The Kier molecular flexibility index (Phi) is 10.3. The van der Waals surface area contributed by atoms with Crippen molar-refractivity contribution in [3.63, 3.8) is 0 Å². The highest BCUT2D eigenvalue weighted by Gasteiger charge is 2.33. The third-order valence-corrected chi connectivity index (χ3v) is 8.20. The van der Waals surface area contributed by atoms with E-state index in [9.17, 15) is 22.4 Å². The van der Waals surface area contributed by atoms with Gasteiger partial charge in [-0.25, -0.2) is 12.8 Å². The maximum absolute atomic E-state index is 13.9. The topological polar surface area (TPSA) is 96.0 Å². The molecule has 3 rings (SSSR count). The summed E-state index contributed by atoms with van der Waals surface area (Å²) in [5.41, 5.74) is 0.682. The van der Waals surface area contributed by atoms with Crippen LogP contribution < -0.4 is 14.4 Å². The fraction of sp³-hybridized carbons (Fsp3) is 0.286. The van der Waals surface area contributed by atoms with Crippen LogP contribution >= 0.6 is 11.6 Å². The number of likely N-dealkylation sites (N-methyl/N-ethyl adjacent to an activating group) is 1. The molecule has 2 amide bonds. The average molecular weight is 576 g/mol. The smallest absolute Gasteiger partial charge is 0.264 e. The van der Waals surface area contributed by atoms with Gasteiger partial charge in [0.2, 0.25) is 11.8 Å². The van der Waals surface area contributed by atoms with E-state index in [0.29, 0.717) is 22.9 Å². The van der Waals surface area contributed by atoms with E-state index in [4.69, 9.17) is 16.3 Å². The highest BCUT2D eigenvalue weighted by atomic mass is 35.5. The number of nitrogens with one attached hydrogen (secondary N) is 1. The largest absolute Gasteiger partial charge is 0.494 e. The fourth-order valence-corrected chi connectivity index (χ4v) is 5.64. The van der Waals surface area contributed by atoms with E-state index in [2.05, 4.69) is 5.32 Å². The Labute approximate surface area is 233 Å². The van der Waals surface area contributed by atoms with Gasteiger partial charge >= 0.3 is 0 Å². The molecule has 0 saturated carbocycles. The molecular formula is C28H31ClFN3O5S. The number of halogens is 2. The number of hydrogen-bond acceptors (Lipinski definition) is 5. The second-order valence-electron chi connectivity index (χ2n) is 8.54. The summed E-state index contributed by atoms with van der Waals surface area (Å²) in [4.78, 5) is 27.8. The molecule has 0 aliphatic heterocycles. The number of carbonyl (C=O) groups is 2. The lowest BCUT2D eigenvalue weighted by molar-refractivity contribution is -0.140. The number of carbonyl (C=O) groups excluding carboxylic acids is 2. The van der Waals surface area contributed by atoms with Gasteiger partial charge in [-0.2, -0.15) is 0 Å². The predicted molar refractivity (Wildman–Crippen MR) is 149 cm³/mol. The van der Waals surface area contributed by atoms with Crippen molar-refractivity contribution in [1.82, 2.24) is 10.2 Å². The van der Waals surface area contributed by atoms with Crippen molar-refractivity contribution in [3.05, 3.63) is 89.2 Å². The van der Waals surface area contributed by atoms with Gasteiger partial charge in [0.1, 0.15) is 24.2 Å². The van der Waals surface area contributed by atoms with E-state index in [0.717, 1.165) is 16.4 Å². The molecule has 8 nitrogen and oxygen atoms in total. The summed E-state index contributed by atoms with van der Waals surface area (Å²) in [6, 6.07) is 16.6. The van der Waals surface area contributed by atoms with Crippen molar-refractivity contribution >= 4 is 39.1 Å². The van der Waals surface area contributed by atoms with E-state index in [1.54, 1.807) is 31.2 Å². The van der Waals surface area contributed by atoms with Crippen LogP contribution in [0.25, 0.3) is 0 Å². The van der Waals surface area contributed by atoms with E-state index < -0.39 is 40.2 Å². The number of hydrogen-bond donors (Lipinski definition) is 1. The van der Waals surface area contributed by atoms with E-state index in [-0.39, 0.29) is 23.5 Å². The highest BCUT2D eigenvalue weighted by molar-refractivity contribution is 7.92. The van der Waals surface area contributed by atoms with E-state index in [1.165, 1.54) is 48.3 Å². The minimum atomic E-state index is -4.29.